The van der Waals surface area contributed by atoms with Gasteiger partial charge in [0.2, 0.25) is 0 Å². The second-order valence-corrected chi connectivity index (χ2v) is 29.8. The molecule has 22 heteroatoms. The summed E-state index contributed by atoms with van der Waals surface area (Å²) in [5, 5.41) is 72.5. The van der Waals surface area contributed by atoms with Crippen LogP contribution in [-0.2, 0) is 56.9 Å². The lowest BCUT2D eigenvalue weighted by atomic mass is 10.1. The van der Waals surface area contributed by atoms with Crippen molar-refractivity contribution < 1.29 is 74.4 Å². The average molecular weight is 1590 g/mol. The molecule has 558 valence electrons. The highest BCUT2D eigenvalue weighted by molar-refractivity contribution is 7.99. The molecule has 12 rings (SSSR count). The summed E-state index contributed by atoms with van der Waals surface area (Å²) in [6.45, 7) is 0. The van der Waals surface area contributed by atoms with Crippen molar-refractivity contribution in [3.05, 3.63) is 375 Å². The van der Waals surface area contributed by atoms with Gasteiger partial charge in [-0.3, -0.25) is 9.59 Å². The lowest BCUT2D eigenvalue weighted by Gasteiger charge is -2.07. The summed E-state index contributed by atoms with van der Waals surface area (Å²) in [4.78, 5) is 70.3. The van der Waals surface area contributed by atoms with Crippen molar-refractivity contribution in [3.8, 4) is 17.2 Å². The molecule has 0 aliphatic heterocycles. The van der Waals surface area contributed by atoms with Gasteiger partial charge in [0.1, 0.15) is 17.2 Å². The van der Waals surface area contributed by atoms with E-state index in [1.165, 1.54) is 27.1 Å². The predicted molar refractivity (Wildman–Crippen MR) is 440 cm³/mol. The molecule has 109 heavy (non-hydrogen) atoms. The number of phenolic OH excluding ortho intramolecular Hbond substituents is 2. The summed E-state index contributed by atoms with van der Waals surface area (Å²) in [5.74, 6) is 0.968. The van der Waals surface area contributed by atoms with Gasteiger partial charge < -0.3 is 45.6 Å². The molecule has 0 spiro atoms. The zero-order valence-corrected chi connectivity index (χ0v) is 64.4. The van der Waals surface area contributed by atoms with Crippen molar-refractivity contribution in [1.82, 2.24) is 0 Å². The summed E-state index contributed by atoms with van der Waals surface area (Å²) < 4.78 is 5.29. The maximum Gasteiger partial charge on any atom is 0.335 e. The van der Waals surface area contributed by atoms with E-state index in [0.29, 0.717) is 22.4 Å². The van der Waals surface area contributed by atoms with Crippen molar-refractivity contribution in [2.45, 2.75) is 76.7 Å². The molecule has 0 aliphatic carbocycles. The van der Waals surface area contributed by atoms with Crippen molar-refractivity contribution in [1.29, 1.82) is 0 Å². The lowest BCUT2D eigenvalue weighted by Crippen LogP contribution is -1.99. The minimum absolute atomic E-state index is 0.0485. The van der Waals surface area contributed by atoms with Gasteiger partial charge in [0.15, 0.2) is 0 Å². The Morgan fingerprint density at radius 2 is 0.514 bits per heavy atom. The maximum absolute atomic E-state index is 10.8. The highest BCUT2D eigenvalue weighted by Crippen LogP contribution is 2.34. The number of thioether (sulfide) groups is 6. The summed E-state index contributed by atoms with van der Waals surface area (Å²) in [6.07, 6.45) is 0.138. The van der Waals surface area contributed by atoms with E-state index < -0.39 is 35.8 Å². The Hall–Kier alpha value is -10.8. The zero-order valence-electron chi connectivity index (χ0n) is 58.8. The van der Waals surface area contributed by atoms with E-state index >= 15 is 0 Å². The van der Waals surface area contributed by atoms with Gasteiger partial charge in [-0.15, -0.1) is 70.6 Å². The normalized spacial score (nSPS) is 10.2. The van der Waals surface area contributed by atoms with Crippen LogP contribution in [-0.4, -0.2) is 83.8 Å². The number of carboxylic acid groups (broad SMARTS) is 6. The third-order valence-corrected chi connectivity index (χ3v) is 22.0. The van der Waals surface area contributed by atoms with E-state index in [-0.39, 0.29) is 29.9 Å². The number of hydrogen-bond acceptors (Lipinski definition) is 15. The predicted octanol–water partition coefficient (Wildman–Crippen LogP) is 22.0. The van der Waals surface area contributed by atoms with Gasteiger partial charge in [0.25, 0.3) is 0 Å². The molecular weight excluding hydrogens is 1510 g/mol. The fraction of sp³-hybridized carbons (Fsp3) is 0.103. The van der Waals surface area contributed by atoms with Gasteiger partial charge in [-0.2, -0.15) is 0 Å². The monoisotopic (exact) mass is 1590 g/mol. The van der Waals surface area contributed by atoms with E-state index in [9.17, 15) is 39.0 Å². The van der Waals surface area contributed by atoms with Gasteiger partial charge in [0, 0.05) is 68.9 Å². The van der Waals surface area contributed by atoms with Crippen LogP contribution in [0.15, 0.2) is 333 Å². The summed E-state index contributed by atoms with van der Waals surface area (Å²) >= 11 is 15.8. The van der Waals surface area contributed by atoms with Crippen LogP contribution in [0.25, 0.3) is 0 Å². The molecule has 0 saturated heterocycles. The number of benzene rings is 12. The molecule has 12 aromatic rings. The van der Waals surface area contributed by atoms with Gasteiger partial charge in [0.05, 0.1) is 42.2 Å². The van der Waals surface area contributed by atoms with E-state index in [1.54, 1.807) is 151 Å². The number of ether oxygens (including phenoxy) is 1. The second-order valence-electron chi connectivity index (χ2n) is 23.2. The van der Waals surface area contributed by atoms with Gasteiger partial charge in [-0.25, -0.2) is 19.2 Å². The third kappa shape index (κ3) is 32.7. The fourth-order valence-electron chi connectivity index (χ4n) is 9.27. The standard InChI is InChI=1S/2C15H14O3S.C15H14O2S.C14H11ClO2S.C14H12O3S.C14H12O2S/c1-18-13-4-2-3-5-14(13)19-10-11-6-8-12(9-7-11)15(16)17;16-13-3-1-2-4-14(13)19-10-12-7-5-11(6-8-12)9-15(17)18;16-15(17)10-12-6-8-13(9-7-12)11-18-14-4-2-1-3-5-14;15-12-5-7-13(8-6-12)18-9-10-1-3-11(4-2-10)14(16)17;15-12-3-1-2-4-13(12)18-9-10-5-7-11(8-6-10)14(16)17;15-14(16)12-8-6-11(7-9-12)10-17-13-4-2-1-3-5-13/h2-9H,10H2,1H3,(H,16,17);1-8,16H,9-10H2,(H,17,18);1-9H,10-11H2,(H,16,17);1-8H,9H2,(H,16,17);1-8,15H,9H2,(H,16,17);1-9H,10H2,(H,15,16). The molecule has 0 fully saturated rings. The van der Waals surface area contributed by atoms with Crippen LogP contribution in [0.3, 0.4) is 0 Å². The number of carbonyl (C=O) groups is 6. The van der Waals surface area contributed by atoms with E-state index in [2.05, 4.69) is 24.3 Å². The van der Waals surface area contributed by atoms with Crippen molar-refractivity contribution in [3.63, 3.8) is 0 Å². The Bertz CT molecular complexity index is 4790. The first-order chi connectivity index (χ1) is 52.7. The van der Waals surface area contributed by atoms with Crippen LogP contribution < -0.4 is 4.74 Å². The molecule has 0 unspecified atom stereocenters. The molecule has 0 aromatic heterocycles. The first kappa shape index (κ1) is 85.5. The van der Waals surface area contributed by atoms with Crippen molar-refractivity contribution in [2.75, 3.05) is 7.11 Å². The molecule has 0 atom stereocenters. The lowest BCUT2D eigenvalue weighted by molar-refractivity contribution is -0.137. The number of para-hydroxylation sites is 3. The molecule has 0 radical (unpaired) electrons. The highest BCUT2D eigenvalue weighted by atomic mass is 35.5. The SMILES string of the molecule is COc1ccccc1SCc1ccc(C(=O)O)cc1.O=C(O)Cc1ccc(CSc2ccccc2)cc1.O=C(O)Cc1ccc(CSc2ccccc2O)cc1.O=C(O)c1ccc(CSc2ccc(Cl)cc2)cc1.O=C(O)c1ccc(CSc2ccccc2)cc1.O=C(O)c1ccc(CSc2ccccc2O)cc1. The molecular formula is C87H77ClO15S6. The number of phenols is 2. The Morgan fingerprint density at radius 3 is 0.798 bits per heavy atom. The minimum atomic E-state index is -0.921. The Morgan fingerprint density at radius 1 is 0.275 bits per heavy atom. The number of aromatic hydroxyl groups is 2. The number of halogens is 1. The minimum Gasteiger partial charge on any atom is -0.507 e. The van der Waals surface area contributed by atoms with E-state index in [0.717, 1.165) is 98.1 Å². The van der Waals surface area contributed by atoms with Gasteiger partial charge in [-0.05, 0) is 178 Å². The maximum atomic E-state index is 10.8. The zero-order chi connectivity index (χ0) is 78.1. The van der Waals surface area contributed by atoms with Crippen LogP contribution in [0.4, 0.5) is 0 Å². The van der Waals surface area contributed by atoms with E-state index in [1.807, 2.05) is 194 Å². The van der Waals surface area contributed by atoms with Crippen LogP contribution in [0.1, 0.15) is 85.9 Å². The molecule has 0 bridgehead atoms. The molecule has 0 aliphatic rings. The van der Waals surface area contributed by atoms with Crippen LogP contribution >= 0.6 is 82.2 Å². The Labute approximate surface area is 663 Å². The van der Waals surface area contributed by atoms with Gasteiger partial charge >= 0.3 is 35.8 Å². The first-order valence-electron chi connectivity index (χ1n) is 33.4. The Kier molecular flexibility index (Phi) is 37.0. The number of hydrogen-bond donors (Lipinski definition) is 8. The van der Waals surface area contributed by atoms with Crippen LogP contribution in [0, 0.1) is 0 Å². The summed E-state index contributed by atoms with van der Waals surface area (Å²) in [7, 11) is 1.65. The number of rotatable bonds is 27. The van der Waals surface area contributed by atoms with Crippen LogP contribution in [0.5, 0.6) is 17.2 Å². The topological polar surface area (TPSA) is 273 Å². The Balaban J connectivity index is 0.000000182. The summed E-state index contributed by atoms with van der Waals surface area (Å²) in [6, 6.07) is 93.1. The summed E-state index contributed by atoms with van der Waals surface area (Å²) in [5.41, 5.74) is 9.52. The average Bonchev–Trinajstić information content (AvgIpc) is 0.909. The molecule has 0 saturated carbocycles. The molecule has 0 amide bonds. The molecule has 0 heterocycles. The van der Waals surface area contributed by atoms with Crippen LogP contribution in [0.2, 0.25) is 5.02 Å². The molecule has 12 aromatic carbocycles. The highest BCUT2D eigenvalue weighted by Gasteiger charge is 2.10. The fourth-order valence-corrected chi connectivity index (χ4v) is 14.8. The number of methoxy groups -OCH3 is 1. The second kappa shape index (κ2) is 47.1. The van der Waals surface area contributed by atoms with Crippen molar-refractivity contribution in [2.24, 2.45) is 0 Å². The number of aromatic carboxylic acids is 4. The third-order valence-electron chi connectivity index (χ3n) is 15.1. The smallest absolute Gasteiger partial charge is 0.335 e. The van der Waals surface area contributed by atoms with Gasteiger partial charge in [-0.1, -0.05) is 181 Å². The van der Waals surface area contributed by atoms with E-state index in [4.69, 9.17) is 47.0 Å². The number of carboxylic acids is 6. The quantitative estimate of drug-likeness (QED) is 0.0222. The van der Waals surface area contributed by atoms with Crippen molar-refractivity contribution >= 4 is 118 Å². The molecule has 15 nitrogen and oxygen atoms in total. The largest absolute Gasteiger partial charge is 0.507 e. The first-order valence-corrected chi connectivity index (χ1v) is 39.7. The number of aliphatic carboxylic acids is 2. The molecule has 8 N–H and O–H groups in total.